The van der Waals surface area contributed by atoms with Crippen LogP contribution in [0.5, 0.6) is 0 Å². The van der Waals surface area contributed by atoms with E-state index in [0.717, 1.165) is 18.2 Å². The second-order valence-corrected chi connectivity index (χ2v) is 5.08. The summed E-state index contributed by atoms with van der Waals surface area (Å²) in [6.45, 7) is 0. The molecule has 1 amide bonds. The molecule has 0 atom stereocenters. The van der Waals surface area contributed by atoms with Crippen molar-refractivity contribution in [1.29, 1.82) is 0 Å². The molecule has 0 saturated carbocycles. The molecule has 5 nitrogen and oxygen atoms in total. The summed E-state index contributed by atoms with van der Waals surface area (Å²) in [4.78, 5) is 19.8. The Morgan fingerprint density at radius 3 is 2.54 bits per heavy atom. The van der Waals surface area contributed by atoms with Crippen molar-refractivity contribution in [3.05, 3.63) is 77.6 Å². The van der Waals surface area contributed by atoms with Gasteiger partial charge in [-0.15, -0.1) is 0 Å². The van der Waals surface area contributed by atoms with Crippen LogP contribution in [-0.2, 0) is 0 Å². The molecule has 1 heterocycles. The van der Waals surface area contributed by atoms with Gasteiger partial charge in [0.25, 0.3) is 5.91 Å². The summed E-state index contributed by atoms with van der Waals surface area (Å²) in [5.41, 5.74) is -0.281. The van der Waals surface area contributed by atoms with Gasteiger partial charge in [-0.1, -0.05) is 6.07 Å². The van der Waals surface area contributed by atoms with Gasteiger partial charge in [0.1, 0.15) is 11.5 Å². The predicted octanol–water partition coefficient (Wildman–Crippen LogP) is 4.03. The second kappa shape index (κ2) is 7.18. The first kappa shape index (κ1) is 17.3. The minimum absolute atomic E-state index is 0.102. The number of benzene rings is 2. The first-order chi connectivity index (χ1) is 12.4. The molecule has 0 fully saturated rings. The number of anilines is 3. The molecule has 0 aliphatic carbocycles. The summed E-state index contributed by atoms with van der Waals surface area (Å²) in [5, 5.41) is 4.80. The maximum absolute atomic E-state index is 13.7. The highest BCUT2D eigenvalue weighted by atomic mass is 19.2. The average molecular weight is 362 g/mol. The number of nitrogens with zero attached hydrogens (tertiary/aromatic N) is 2. The Balaban J connectivity index is 1.80. The van der Waals surface area contributed by atoms with E-state index in [1.54, 1.807) is 0 Å². The lowest BCUT2D eigenvalue weighted by atomic mass is 10.3. The van der Waals surface area contributed by atoms with Crippen molar-refractivity contribution in [3.8, 4) is 0 Å². The molecule has 9 heteroatoms. The normalized spacial score (nSPS) is 10.5. The van der Waals surface area contributed by atoms with Crippen LogP contribution in [0.1, 0.15) is 10.5 Å². The zero-order valence-corrected chi connectivity index (χ0v) is 12.9. The summed E-state index contributed by atoms with van der Waals surface area (Å²) < 4.78 is 53.0. The Morgan fingerprint density at radius 2 is 1.77 bits per heavy atom. The van der Waals surface area contributed by atoms with Gasteiger partial charge < -0.3 is 10.6 Å². The smallest absolute Gasteiger partial charge is 0.274 e. The molecule has 0 spiro atoms. The van der Waals surface area contributed by atoms with Crippen LogP contribution in [0.15, 0.2) is 48.7 Å². The number of amides is 1. The summed E-state index contributed by atoms with van der Waals surface area (Å²) in [7, 11) is 0. The van der Waals surface area contributed by atoms with Crippen LogP contribution in [0.2, 0.25) is 0 Å². The highest BCUT2D eigenvalue weighted by Gasteiger charge is 2.15. The Bertz CT molecular complexity index is 981. The summed E-state index contributed by atoms with van der Waals surface area (Å²) in [6.07, 6.45) is 1.22. The molecule has 3 rings (SSSR count). The zero-order valence-electron chi connectivity index (χ0n) is 12.9. The molecule has 2 N–H and O–H groups in total. The molecule has 0 aliphatic heterocycles. The van der Waals surface area contributed by atoms with Crippen LogP contribution in [0.3, 0.4) is 0 Å². The van der Waals surface area contributed by atoms with E-state index in [2.05, 4.69) is 20.6 Å². The summed E-state index contributed by atoms with van der Waals surface area (Å²) in [5.74, 6) is -5.81. The molecule has 0 bridgehead atoms. The minimum Gasteiger partial charge on any atom is -0.322 e. The Hall–Kier alpha value is -3.49. The third kappa shape index (κ3) is 3.77. The van der Waals surface area contributed by atoms with E-state index in [0.29, 0.717) is 0 Å². The van der Waals surface area contributed by atoms with Gasteiger partial charge in [-0.3, -0.25) is 4.79 Å². The van der Waals surface area contributed by atoms with E-state index in [9.17, 15) is 22.4 Å². The van der Waals surface area contributed by atoms with Gasteiger partial charge in [-0.25, -0.2) is 27.5 Å². The lowest BCUT2D eigenvalue weighted by Gasteiger charge is -2.08. The van der Waals surface area contributed by atoms with Crippen molar-refractivity contribution in [3.63, 3.8) is 0 Å². The van der Waals surface area contributed by atoms with Gasteiger partial charge in [0, 0.05) is 11.9 Å². The van der Waals surface area contributed by atoms with E-state index in [1.807, 2.05) is 0 Å². The lowest BCUT2D eigenvalue weighted by molar-refractivity contribution is 0.102. The van der Waals surface area contributed by atoms with Crippen molar-refractivity contribution >= 4 is 23.2 Å². The molecule has 26 heavy (non-hydrogen) atoms. The van der Waals surface area contributed by atoms with Crippen LogP contribution in [0, 0.1) is 23.3 Å². The minimum atomic E-state index is -1.64. The Morgan fingerprint density at radius 1 is 0.962 bits per heavy atom. The van der Waals surface area contributed by atoms with Crippen LogP contribution in [-0.4, -0.2) is 15.9 Å². The van der Waals surface area contributed by atoms with Crippen molar-refractivity contribution in [1.82, 2.24) is 9.97 Å². The molecule has 0 radical (unpaired) electrons. The number of aromatic nitrogens is 2. The Labute approximate surface area is 144 Å². The topological polar surface area (TPSA) is 66.9 Å². The highest BCUT2D eigenvalue weighted by molar-refractivity contribution is 6.02. The van der Waals surface area contributed by atoms with Crippen LogP contribution >= 0.6 is 0 Å². The predicted molar refractivity (Wildman–Crippen MR) is 86.0 cm³/mol. The second-order valence-electron chi connectivity index (χ2n) is 5.08. The van der Waals surface area contributed by atoms with Crippen LogP contribution in [0.4, 0.5) is 34.9 Å². The third-order valence-electron chi connectivity index (χ3n) is 3.25. The first-order valence-electron chi connectivity index (χ1n) is 7.24. The molecule has 132 valence electrons. The van der Waals surface area contributed by atoms with Crippen molar-refractivity contribution in [2.75, 3.05) is 10.6 Å². The van der Waals surface area contributed by atoms with E-state index in [1.165, 1.54) is 30.5 Å². The number of nitrogens with one attached hydrogen (secondary N) is 2. The number of halogens is 4. The molecule has 0 unspecified atom stereocenters. The summed E-state index contributed by atoms with van der Waals surface area (Å²) in [6, 6.07) is 8.23. The largest absolute Gasteiger partial charge is 0.322 e. The molecule has 0 aliphatic rings. The van der Waals surface area contributed by atoms with Gasteiger partial charge >= 0.3 is 0 Å². The summed E-state index contributed by atoms with van der Waals surface area (Å²) >= 11 is 0. The van der Waals surface area contributed by atoms with Crippen molar-refractivity contribution in [2.24, 2.45) is 0 Å². The van der Waals surface area contributed by atoms with Gasteiger partial charge in [0.15, 0.2) is 17.5 Å². The van der Waals surface area contributed by atoms with E-state index in [-0.39, 0.29) is 17.3 Å². The molecule has 2 aromatic carbocycles. The molecule has 1 aromatic heterocycles. The van der Waals surface area contributed by atoms with Crippen molar-refractivity contribution in [2.45, 2.75) is 0 Å². The number of carbonyl (C=O) groups excluding carboxylic acids is 1. The third-order valence-corrected chi connectivity index (χ3v) is 3.25. The van der Waals surface area contributed by atoms with Gasteiger partial charge in [0.2, 0.25) is 5.95 Å². The highest BCUT2D eigenvalue weighted by Crippen LogP contribution is 2.22. The lowest BCUT2D eigenvalue weighted by Crippen LogP contribution is -2.15. The standard InChI is InChI=1S/C17H10F4N4O/c18-9-2-1-3-10(8-9)23-16(26)13-6-7-22-17(25-13)24-12-5-4-11(19)14(20)15(12)21/h1-8H,(H,23,26)(H,22,24,25). The van der Waals surface area contributed by atoms with E-state index >= 15 is 0 Å². The number of rotatable bonds is 4. The van der Waals surface area contributed by atoms with Gasteiger partial charge in [0.05, 0.1) is 5.69 Å². The average Bonchev–Trinajstić information content (AvgIpc) is 2.62. The zero-order chi connectivity index (χ0) is 18.7. The van der Waals surface area contributed by atoms with Crippen LogP contribution in [0.25, 0.3) is 0 Å². The van der Waals surface area contributed by atoms with E-state index in [4.69, 9.17) is 0 Å². The fourth-order valence-corrected chi connectivity index (χ4v) is 2.05. The first-order valence-corrected chi connectivity index (χ1v) is 7.24. The molecular weight excluding hydrogens is 352 g/mol. The monoisotopic (exact) mass is 362 g/mol. The number of hydrogen-bond donors (Lipinski definition) is 2. The van der Waals surface area contributed by atoms with Gasteiger partial charge in [-0.2, -0.15) is 0 Å². The van der Waals surface area contributed by atoms with Gasteiger partial charge in [-0.05, 0) is 36.4 Å². The maximum Gasteiger partial charge on any atom is 0.274 e. The SMILES string of the molecule is O=C(Nc1cccc(F)c1)c1ccnc(Nc2ccc(F)c(F)c2F)n1. The number of hydrogen-bond acceptors (Lipinski definition) is 4. The molecule has 0 saturated heterocycles. The van der Waals surface area contributed by atoms with Crippen molar-refractivity contribution < 1.29 is 22.4 Å². The molecule has 3 aromatic rings. The van der Waals surface area contributed by atoms with Crippen LogP contribution < -0.4 is 10.6 Å². The quantitative estimate of drug-likeness (QED) is 0.543. The van der Waals surface area contributed by atoms with E-state index < -0.39 is 34.9 Å². The molecular formula is C17H10F4N4O. The number of carbonyl (C=O) groups is 1. The fraction of sp³-hybridized carbons (Fsp3) is 0. The fourth-order valence-electron chi connectivity index (χ4n) is 2.05. The maximum atomic E-state index is 13.7. The Kier molecular flexibility index (Phi) is 4.78.